The molecule has 0 unspecified atom stereocenters. The molecular weight excluding hydrogens is 424 g/mol. The van der Waals surface area contributed by atoms with Crippen LogP contribution in [-0.2, 0) is 14.4 Å². The van der Waals surface area contributed by atoms with E-state index in [1.165, 1.54) is 11.0 Å². The lowest BCUT2D eigenvalue weighted by atomic mass is 9.96. The van der Waals surface area contributed by atoms with Crippen molar-refractivity contribution in [2.24, 2.45) is 5.92 Å². The van der Waals surface area contributed by atoms with Crippen molar-refractivity contribution in [3.63, 3.8) is 0 Å². The number of aliphatic carboxylic acids is 1. The summed E-state index contributed by atoms with van der Waals surface area (Å²) in [6.45, 7) is 3.33. The van der Waals surface area contributed by atoms with Crippen LogP contribution < -0.4 is 16.4 Å². The van der Waals surface area contributed by atoms with Crippen LogP contribution in [-0.4, -0.2) is 46.3 Å². The molecule has 9 nitrogen and oxygen atoms in total. The second-order valence-corrected chi connectivity index (χ2v) is 8.19. The summed E-state index contributed by atoms with van der Waals surface area (Å²) < 4.78 is 0. The van der Waals surface area contributed by atoms with Crippen LogP contribution in [0.15, 0.2) is 48.5 Å². The average Bonchev–Trinajstić information content (AvgIpc) is 2.87. The van der Waals surface area contributed by atoms with E-state index in [-0.39, 0.29) is 23.8 Å². The Morgan fingerprint density at radius 2 is 1.88 bits per heavy atom. The summed E-state index contributed by atoms with van der Waals surface area (Å²) in [5.41, 5.74) is 7.38. The molecule has 0 saturated heterocycles. The van der Waals surface area contributed by atoms with Crippen LogP contribution in [0.5, 0.6) is 0 Å². The van der Waals surface area contributed by atoms with Crippen LogP contribution >= 0.6 is 0 Å². The standard InChI is InChI=1S/C24H28N4O5/c1-3-14(2)22-23(32)27-18-10-9-16(25)11-17(18)24(33)28(22)13-20(29)26-19(12-21(30)31)15-7-5-4-6-8-15/h4-11,14,19,22H,3,12-13,25H2,1-2H3,(H,26,29)(H,27,32)(H,30,31)/t14-,19+,22-/m0/s1. The Morgan fingerprint density at radius 3 is 2.52 bits per heavy atom. The first-order chi connectivity index (χ1) is 15.7. The van der Waals surface area contributed by atoms with Crippen molar-refractivity contribution in [2.75, 3.05) is 17.6 Å². The zero-order valence-electron chi connectivity index (χ0n) is 18.6. The maximum Gasteiger partial charge on any atom is 0.305 e. The fourth-order valence-corrected chi connectivity index (χ4v) is 3.94. The number of fused-ring (bicyclic) bond motifs is 1. The van der Waals surface area contributed by atoms with Crippen LogP contribution in [0.1, 0.15) is 48.7 Å². The Bertz CT molecular complexity index is 1060. The van der Waals surface area contributed by atoms with E-state index < -0.39 is 36.4 Å². The predicted molar refractivity (Wildman–Crippen MR) is 123 cm³/mol. The van der Waals surface area contributed by atoms with Gasteiger partial charge in [-0.3, -0.25) is 19.2 Å². The Balaban J connectivity index is 1.91. The fraction of sp³-hybridized carbons (Fsp3) is 0.333. The zero-order chi connectivity index (χ0) is 24.1. The van der Waals surface area contributed by atoms with Gasteiger partial charge in [0.1, 0.15) is 12.6 Å². The van der Waals surface area contributed by atoms with Crippen LogP contribution in [0.4, 0.5) is 11.4 Å². The van der Waals surface area contributed by atoms with Crippen molar-refractivity contribution in [3.05, 3.63) is 59.7 Å². The minimum absolute atomic E-state index is 0.201. The number of nitrogens with one attached hydrogen (secondary N) is 2. The Hall–Kier alpha value is -3.88. The number of carboxylic acids is 1. The molecule has 0 radical (unpaired) electrons. The topological polar surface area (TPSA) is 142 Å². The van der Waals surface area contributed by atoms with Gasteiger partial charge in [0.15, 0.2) is 0 Å². The summed E-state index contributed by atoms with van der Waals surface area (Å²) in [5.74, 6) is -2.75. The smallest absolute Gasteiger partial charge is 0.305 e. The molecule has 0 bridgehead atoms. The van der Waals surface area contributed by atoms with Gasteiger partial charge in [-0.1, -0.05) is 50.6 Å². The minimum atomic E-state index is -1.07. The molecule has 3 rings (SSSR count). The highest BCUT2D eigenvalue weighted by atomic mass is 16.4. The summed E-state index contributed by atoms with van der Waals surface area (Å²) in [6, 6.07) is 11.7. The molecule has 0 aromatic heterocycles. The van der Waals surface area contributed by atoms with Gasteiger partial charge in [-0.05, 0) is 29.7 Å². The molecule has 1 aliphatic heterocycles. The lowest BCUT2D eigenvalue weighted by Gasteiger charge is -2.32. The van der Waals surface area contributed by atoms with Gasteiger partial charge in [0.05, 0.1) is 23.7 Å². The summed E-state index contributed by atoms with van der Waals surface area (Å²) in [6.07, 6.45) is 0.284. The van der Waals surface area contributed by atoms with E-state index in [2.05, 4.69) is 10.6 Å². The number of nitrogens with zero attached hydrogens (tertiary/aromatic N) is 1. The van der Waals surface area contributed by atoms with Crippen molar-refractivity contribution in [2.45, 2.75) is 38.8 Å². The zero-order valence-corrected chi connectivity index (χ0v) is 18.6. The third kappa shape index (κ3) is 5.49. The summed E-state index contributed by atoms with van der Waals surface area (Å²) >= 11 is 0. The third-order valence-corrected chi connectivity index (χ3v) is 5.81. The molecule has 174 valence electrons. The largest absolute Gasteiger partial charge is 0.481 e. The summed E-state index contributed by atoms with van der Waals surface area (Å²) in [5, 5.41) is 14.8. The number of benzene rings is 2. The van der Waals surface area contributed by atoms with Gasteiger partial charge >= 0.3 is 5.97 Å². The quantitative estimate of drug-likeness (QED) is 0.453. The molecule has 0 aliphatic carbocycles. The second kappa shape index (κ2) is 10.2. The van der Waals surface area contributed by atoms with Gasteiger partial charge in [0, 0.05) is 5.69 Å². The van der Waals surface area contributed by atoms with Crippen molar-refractivity contribution < 1.29 is 24.3 Å². The van der Waals surface area contributed by atoms with Gasteiger partial charge < -0.3 is 26.4 Å². The number of amides is 3. The molecule has 2 aromatic carbocycles. The third-order valence-electron chi connectivity index (χ3n) is 5.81. The van der Waals surface area contributed by atoms with Crippen LogP contribution in [0.3, 0.4) is 0 Å². The predicted octanol–water partition coefficient (Wildman–Crippen LogP) is 2.41. The van der Waals surface area contributed by atoms with Crippen LogP contribution in [0, 0.1) is 5.92 Å². The van der Waals surface area contributed by atoms with Crippen molar-refractivity contribution in [1.82, 2.24) is 10.2 Å². The van der Waals surface area contributed by atoms with Crippen LogP contribution in [0.2, 0.25) is 0 Å². The number of nitrogen functional groups attached to an aromatic ring is 1. The maximum absolute atomic E-state index is 13.4. The molecule has 0 saturated carbocycles. The minimum Gasteiger partial charge on any atom is -0.481 e. The first-order valence-electron chi connectivity index (χ1n) is 10.8. The number of carbonyl (C=O) groups excluding carboxylic acids is 3. The molecule has 1 aliphatic rings. The van der Waals surface area contributed by atoms with E-state index in [1.54, 1.807) is 42.5 Å². The molecule has 33 heavy (non-hydrogen) atoms. The lowest BCUT2D eigenvalue weighted by Crippen LogP contribution is -2.52. The van der Waals surface area contributed by atoms with Gasteiger partial charge in [-0.2, -0.15) is 0 Å². The lowest BCUT2D eigenvalue weighted by molar-refractivity contribution is -0.137. The number of hydrogen-bond donors (Lipinski definition) is 4. The molecule has 3 amide bonds. The van der Waals surface area contributed by atoms with Crippen molar-refractivity contribution in [3.8, 4) is 0 Å². The highest BCUT2D eigenvalue weighted by Gasteiger charge is 2.39. The highest BCUT2D eigenvalue weighted by Crippen LogP contribution is 2.28. The van der Waals surface area contributed by atoms with E-state index in [1.807, 2.05) is 13.8 Å². The second-order valence-electron chi connectivity index (χ2n) is 8.19. The monoisotopic (exact) mass is 452 g/mol. The average molecular weight is 453 g/mol. The SMILES string of the molecule is CC[C@H](C)[C@H]1C(=O)Nc2ccc(N)cc2C(=O)N1CC(=O)N[C@H](CC(=O)O)c1ccccc1. The molecule has 2 aromatic rings. The molecule has 0 spiro atoms. The number of carboxylic acid groups (broad SMARTS) is 1. The summed E-state index contributed by atoms with van der Waals surface area (Å²) in [7, 11) is 0. The number of hydrogen-bond acceptors (Lipinski definition) is 5. The molecule has 1 heterocycles. The summed E-state index contributed by atoms with van der Waals surface area (Å²) in [4.78, 5) is 52.1. The number of nitrogens with two attached hydrogens (primary N) is 1. The molecule has 0 fully saturated rings. The van der Waals surface area contributed by atoms with Crippen molar-refractivity contribution in [1.29, 1.82) is 0 Å². The van der Waals surface area contributed by atoms with Gasteiger partial charge in [0.2, 0.25) is 11.8 Å². The Morgan fingerprint density at radius 1 is 1.18 bits per heavy atom. The fourth-order valence-electron chi connectivity index (χ4n) is 3.94. The Labute approximate surface area is 192 Å². The van der Waals surface area contributed by atoms with E-state index in [4.69, 9.17) is 5.73 Å². The van der Waals surface area contributed by atoms with Gasteiger partial charge in [0.25, 0.3) is 5.91 Å². The van der Waals surface area contributed by atoms with Crippen LogP contribution in [0.25, 0.3) is 0 Å². The van der Waals surface area contributed by atoms with E-state index >= 15 is 0 Å². The number of rotatable bonds is 8. The highest BCUT2D eigenvalue weighted by molar-refractivity contribution is 6.11. The van der Waals surface area contributed by atoms with Gasteiger partial charge in [-0.25, -0.2) is 0 Å². The number of anilines is 2. The Kier molecular flexibility index (Phi) is 7.32. The molecule has 5 N–H and O–H groups in total. The van der Waals surface area contributed by atoms with E-state index in [9.17, 15) is 24.3 Å². The normalized spacial score (nSPS) is 17.4. The number of carbonyl (C=O) groups is 4. The maximum atomic E-state index is 13.4. The van der Waals surface area contributed by atoms with E-state index in [0.29, 0.717) is 23.4 Å². The van der Waals surface area contributed by atoms with Crippen molar-refractivity contribution >= 4 is 35.1 Å². The molecule has 3 atom stereocenters. The first kappa shape index (κ1) is 23.8. The molecule has 9 heteroatoms. The molecular formula is C24H28N4O5. The first-order valence-corrected chi connectivity index (χ1v) is 10.8. The van der Waals surface area contributed by atoms with Gasteiger partial charge in [-0.15, -0.1) is 0 Å². The van der Waals surface area contributed by atoms with E-state index in [0.717, 1.165) is 0 Å².